The largest absolute Gasteiger partial charge is 0.296 e. The summed E-state index contributed by atoms with van der Waals surface area (Å²) < 4.78 is 0. The van der Waals surface area contributed by atoms with Crippen molar-refractivity contribution in [3.63, 3.8) is 0 Å². The molecule has 0 aliphatic heterocycles. The molecule has 0 atom stereocenters. The van der Waals surface area contributed by atoms with Crippen molar-refractivity contribution in [2.75, 3.05) is 0 Å². The fraction of sp³-hybridized carbons (Fsp3) is 0.0833. The lowest BCUT2D eigenvalue weighted by Gasteiger charge is -2.00. The topological polar surface area (TPSA) is 42.9 Å². The van der Waals surface area contributed by atoms with E-state index in [9.17, 15) is 4.79 Å². The zero-order valence-electron chi connectivity index (χ0n) is 8.54. The Morgan fingerprint density at radius 1 is 1.19 bits per heavy atom. The molecule has 0 saturated heterocycles. The maximum absolute atomic E-state index is 10.5. The van der Waals surface area contributed by atoms with Gasteiger partial charge in [-0.2, -0.15) is 0 Å². The van der Waals surface area contributed by atoms with Crippen LogP contribution in [0.4, 0.5) is 0 Å². The summed E-state index contributed by atoms with van der Waals surface area (Å²) in [6, 6.07) is 11.6. The molecule has 0 aliphatic rings. The van der Waals surface area contributed by atoms with E-state index in [4.69, 9.17) is 0 Å². The summed E-state index contributed by atoms with van der Waals surface area (Å²) in [6.45, 7) is 0. The Morgan fingerprint density at radius 2 is 2.00 bits per heavy atom. The highest BCUT2D eigenvalue weighted by atomic mass is 32.2. The van der Waals surface area contributed by atoms with Crippen LogP contribution in [0, 0.1) is 0 Å². The van der Waals surface area contributed by atoms with Crippen LogP contribution in [0.5, 0.6) is 0 Å². The Bertz CT molecular complexity index is 473. The van der Waals surface area contributed by atoms with E-state index in [1.165, 1.54) is 4.90 Å². The van der Waals surface area contributed by atoms with E-state index >= 15 is 0 Å². The smallest absolute Gasteiger partial charge is 0.168 e. The molecule has 3 nitrogen and oxygen atoms in total. The first-order valence-corrected chi connectivity index (χ1v) is 5.82. The number of rotatable bonds is 4. The molecule has 1 heterocycles. The van der Waals surface area contributed by atoms with Crippen molar-refractivity contribution in [3.05, 3.63) is 54.1 Å². The van der Waals surface area contributed by atoms with Gasteiger partial charge in [-0.25, -0.2) is 9.97 Å². The molecule has 0 fully saturated rings. The number of carbonyl (C=O) groups is 1. The molecule has 0 unspecified atom stereocenters. The van der Waals surface area contributed by atoms with Crippen LogP contribution in [0.2, 0.25) is 0 Å². The van der Waals surface area contributed by atoms with E-state index in [-0.39, 0.29) is 0 Å². The van der Waals surface area contributed by atoms with Crippen molar-refractivity contribution >= 4 is 18.0 Å². The van der Waals surface area contributed by atoms with Crippen LogP contribution in [-0.4, -0.2) is 16.3 Å². The Labute approximate surface area is 97.9 Å². The van der Waals surface area contributed by atoms with E-state index in [0.29, 0.717) is 17.3 Å². The highest BCUT2D eigenvalue weighted by Gasteiger charge is 1.99. The van der Waals surface area contributed by atoms with Crippen LogP contribution in [-0.2, 0) is 5.75 Å². The number of thioether (sulfide) groups is 1. The van der Waals surface area contributed by atoms with Crippen molar-refractivity contribution in [1.82, 2.24) is 9.97 Å². The zero-order chi connectivity index (χ0) is 11.2. The molecule has 16 heavy (non-hydrogen) atoms. The molecular weight excluding hydrogens is 220 g/mol. The molecule has 1 aromatic heterocycles. The summed E-state index contributed by atoms with van der Waals surface area (Å²) in [5, 5.41) is 0. The Hall–Kier alpha value is -1.68. The van der Waals surface area contributed by atoms with Gasteiger partial charge < -0.3 is 0 Å². The van der Waals surface area contributed by atoms with Crippen LogP contribution in [0.1, 0.15) is 16.3 Å². The summed E-state index contributed by atoms with van der Waals surface area (Å²) in [5.74, 6) is 1.35. The first-order chi connectivity index (χ1) is 7.88. The number of benzene rings is 1. The minimum Gasteiger partial charge on any atom is -0.296 e. The fourth-order valence-electron chi connectivity index (χ4n) is 1.21. The lowest BCUT2D eigenvalue weighted by molar-refractivity contribution is 0.111. The molecule has 0 radical (unpaired) electrons. The van der Waals surface area contributed by atoms with Gasteiger partial charge in [0.05, 0.1) is 5.75 Å². The van der Waals surface area contributed by atoms with Crippen LogP contribution in [0.25, 0.3) is 0 Å². The third-order valence-electron chi connectivity index (χ3n) is 1.96. The number of aldehydes is 1. The van der Waals surface area contributed by atoms with Crippen molar-refractivity contribution in [2.24, 2.45) is 0 Å². The normalized spacial score (nSPS) is 10.0. The van der Waals surface area contributed by atoms with Crippen molar-refractivity contribution in [2.45, 2.75) is 10.6 Å². The second-order valence-corrected chi connectivity index (χ2v) is 4.17. The van der Waals surface area contributed by atoms with E-state index < -0.39 is 0 Å². The number of nitrogens with zero attached hydrogens (tertiary/aromatic N) is 2. The second-order valence-electron chi connectivity index (χ2n) is 3.12. The summed E-state index contributed by atoms with van der Waals surface area (Å²) >= 11 is 1.65. The molecule has 0 bridgehead atoms. The number of hydrogen-bond donors (Lipinski definition) is 0. The maximum atomic E-state index is 10.5. The van der Waals surface area contributed by atoms with Gasteiger partial charge in [-0.15, -0.1) is 11.8 Å². The maximum Gasteiger partial charge on any atom is 0.168 e. The van der Waals surface area contributed by atoms with Gasteiger partial charge >= 0.3 is 0 Å². The van der Waals surface area contributed by atoms with Crippen molar-refractivity contribution in [1.29, 1.82) is 0 Å². The monoisotopic (exact) mass is 230 g/mol. The highest BCUT2D eigenvalue weighted by Crippen LogP contribution is 2.20. The number of carbonyl (C=O) groups excluding carboxylic acids is 1. The van der Waals surface area contributed by atoms with Gasteiger partial charge in [0.1, 0.15) is 11.5 Å². The third-order valence-corrected chi connectivity index (χ3v) is 2.97. The average molecular weight is 230 g/mol. The average Bonchev–Trinajstić information content (AvgIpc) is 2.38. The summed E-state index contributed by atoms with van der Waals surface area (Å²) in [6.07, 6.45) is 2.34. The number of aromatic nitrogens is 2. The molecule has 0 N–H and O–H groups in total. The molecular formula is C12H10N2OS. The first-order valence-electron chi connectivity index (χ1n) is 4.83. The SMILES string of the molecule is O=Cc1ccnc(CSc2ccccc2)n1. The van der Waals surface area contributed by atoms with Crippen molar-refractivity contribution < 1.29 is 4.79 Å². The Balaban J connectivity index is 2.02. The molecule has 2 aromatic rings. The molecule has 4 heteroatoms. The van der Waals surface area contributed by atoms with Crippen molar-refractivity contribution in [3.8, 4) is 0 Å². The molecule has 0 spiro atoms. The quantitative estimate of drug-likeness (QED) is 0.598. The van der Waals surface area contributed by atoms with Gasteiger partial charge in [-0.1, -0.05) is 18.2 Å². The van der Waals surface area contributed by atoms with Crippen LogP contribution < -0.4 is 0 Å². The standard InChI is InChI=1S/C12H10N2OS/c15-8-10-6-7-13-12(14-10)9-16-11-4-2-1-3-5-11/h1-8H,9H2. The van der Waals surface area contributed by atoms with Crippen LogP contribution in [0.3, 0.4) is 0 Å². The summed E-state index contributed by atoms with van der Waals surface area (Å²) in [7, 11) is 0. The lowest BCUT2D eigenvalue weighted by atomic mass is 10.4. The minimum atomic E-state index is 0.429. The Kier molecular flexibility index (Phi) is 3.66. The minimum absolute atomic E-state index is 0.429. The van der Waals surface area contributed by atoms with Gasteiger partial charge in [0.25, 0.3) is 0 Å². The number of hydrogen-bond acceptors (Lipinski definition) is 4. The second kappa shape index (κ2) is 5.42. The fourth-order valence-corrected chi connectivity index (χ4v) is 2.00. The zero-order valence-corrected chi connectivity index (χ0v) is 9.35. The molecule has 2 rings (SSSR count). The lowest BCUT2D eigenvalue weighted by Crippen LogP contribution is -1.95. The van der Waals surface area contributed by atoms with E-state index in [1.807, 2.05) is 30.3 Å². The van der Waals surface area contributed by atoms with Crippen LogP contribution >= 0.6 is 11.8 Å². The van der Waals surface area contributed by atoms with Crippen LogP contribution in [0.15, 0.2) is 47.5 Å². The summed E-state index contributed by atoms with van der Waals surface area (Å²) in [4.78, 5) is 19.9. The molecule has 1 aromatic carbocycles. The van der Waals surface area contributed by atoms with Gasteiger partial charge in [0.2, 0.25) is 0 Å². The molecule has 0 saturated carbocycles. The van der Waals surface area contributed by atoms with E-state index in [1.54, 1.807) is 24.0 Å². The Morgan fingerprint density at radius 3 is 2.75 bits per heavy atom. The summed E-state index contributed by atoms with van der Waals surface area (Å²) in [5.41, 5.74) is 0.429. The van der Waals surface area contributed by atoms with Gasteiger partial charge in [0.15, 0.2) is 6.29 Å². The van der Waals surface area contributed by atoms with Gasteiger partial charge in [-0.3, -0.25) is 4.79 Å². The predicted molar refractivity (Wildman–Crippen MR) is 63.4 cm³/mol. The third kappa shape index (κ3) is 2.90. The predicted octanol–water partition coefficient (Wildman–Crippen LogP) is 2.58. The molecule has 0 aliphatic carbocycles. The highest BCUT2D eigenvalue weighted by molar-refractivity contribution is 7.98. The van der Waals surface area contributed by atoms with Gasteiger partial charge in [0, 0.05) is 11.1 Å². The van der Waals surface area contributed by atoms with E-state index in [2.05, 4.69) is 9.97 Å². The molecule has 80 valence electrons. The first kappa shape index (κ1) is 10.8. The van der Waals surface area contributed by atoms with Gasteiger partial charge in [-0.05, 0) is 18.2 Å². The van der Waals surface area contributed by atoms with E-state index in [0.717, 1.165) is 6.29 Å². The molecule has 0 amide bonds.